The van der Waals surface area contributed by atoms with E-state index in [1.54, 1.807) is 24.3 Å². The van der Waals surface area contributed by atoms with Gasteiger partial charge in [-0.3, -0.25) is 4.68 Å². The Balaban J connectivity index is 1.93. The van der Waals surface area contributed by atoms with Crippen LogP contribution >= 0.6 is 0 Å². The molecule has 0 spiro atoms. The van der Waals surface area contributed by atoms with Crippen molar-refractivity contribution in [3.05, 3.63) is 47.8 Å². The summed E-state index contributed by atoms with van der Waals surface area (Å²) >= 11 is 0. The average molecular weight is 273 g/mol. The van der Waals surface area contributed by atoms with Gasteiger partial charge in [0.2, 0.25) is 0 Å². The van der Waals surface area contributed by atoms with Gasteiger partial charge >= 0.3 is 5.97 Å². The standard InChI is InChI=1S/C15H19N3O2/c1-3-11(2)18-9-8-14(17-18)10-20-15(19)12-4-6-13(16)7-5-12/h4-9,11H,3,10,16H2,1-2H3. The Morgan fingerprint density at radius 1 is 1.35 bits per heavy atom. The van der Waals surface area contributed by atoms with Crippen LogP contribution in [0.3, 0.4) is 0 Å². The van der Waals surface area contributed by atoms with E-state index >= 15 is 0 Å². The van der Waals surface area contributed by atoms with Gasteiger partial charge in [-0.25, -0.2) is 4.79 Å². The Bertz CT molecular complexity index is 575. The molecule has 1 aromatic carbocycles. The quantitative estimate of drug-likeness (QED) is 0.671. The van der Waals surface area contributed by atoms with E-state index in [2.05, 4.69) is 18.9 Å². The first-order valence-electron chi connectivity index (χ1n) is 6.67. The molecule has 2 N–H and O–H groups in total. The van der Waals surface area contributed by atoms with Gasteiger partial charge in [-0.05, 0) is 43.7 Å². The summed E-state index contributed by atoms with van der Waals surface area (Å²) in [7, 11) is 0. The van der Waals surface area contributed by atoms with E-state index in [1.807, 2.05) is 16.9 Å². The number of anilines is 1. The van der Waals surface area contributed by atoms with E-state index in [9.17, 15) is 4.79 Å². The third-order valence-corrected chi connectivity index (χ3v) is 3.20. The average Bonchev–Trinajstić information content (AvgIpc) is 2.93. The molecule has 0 bridgehead atoms. The first kappa shape index (κ1) is 14.1. The summed E-state index contributed by atoms with van der Waals surface area (Å²) < 4.78 is 7.11. The van der Waals surface area contributed by atoms with Crippen molar-refractivity contribution in [3.8, 4) is 0 Å². The fourth-order valence-electron chi connectivity index (χ4n) is 1.73. The molecule has 1 heterocycles. The third-order valence-electron chi connectivity index (χ3n) is 3.20. The number of carbonyl (C=O) groups is 1. The summed E-state index contributed by atoms with van der Waals surface area (Å²) in [4.78, 5) is 11.8. The van der Waals surface area contributed by atoms with Crippen molar-refractivity contribution in [2.24, 2.45) is 0 Å². The molecule has 2 rings (SSSR count). The minimum atomic E-state index is -0.372. The van der Waals surface area contributed by atoms with Crippen LogP contribution in [0.4, 0.5) is 5.69 Å². The van der Waals surface area contributed by atoms with Gasteiger partial charge < -0.3 is 10.5 Å². The first-order valence-corrected chi connectivity index (χ1v) is 6.67. The second kappa shape index (κ2) is 6.23. The predicted octanol–water partition coefficient (Wildman–Crippen LogP) is 2.79. The lowest BCUT2D eigenvalue weighted by Gasteiger charge is -2.08. The highest BCUT2D eigenvalue weighted by atomic mass is 16.5. The Kier molecular flexibility index (Phi) is 4.40. The first-order chi connectivity index (χ1) is 9.60. The van der Waals surface area contributed by atoms with Crippen LogP contribution in [0.5, 0.6) is 0 Å². The summed E-state index contributed by atoms with van der Waals surface area (Å²) in [5, 5.41) is 4.38. The van der Waals surface area contributed by atoms with Crippen molar-refractivity contribution in [2.45, 2.75) is 32.9 Å². The Labute approximate surface area is 118 Å². The lowest BCUT2D eigenvalue weighted by Crippen LogP contribution is -2.08. The number of carbonyl (C=O) groups excluding carboxylic acids is 1. The number of nitrogens with zero attached hydrogens (tertiary/aromatic N) is 2. The number of nitrogen functional groups attached to an aromatic ring is 1. The molecule has 5 nitrogen and oxygen atoms in total. The van der Waals surface area contributed by atoms with E-state index in [1.165, 1.54) is 0 Å². The lowest BCUT2D eigenvalue weighted by molar-refractivity contribution is 0.0467. The number of hydrogen-bond donors (Lipinski definition) is 1. The number of nitrogens with two attached hydrogens (primary N) is 1. The molecule has 0 fully saturated rings. The van der Waals surface area contributed by atoms with Gasteiger partial charge in [0.05, 0.1) is 11.3 Å². The molecule has 0 saturated heterocycles. The van der Waals surface area contributed by atoms with E-state index in [4.69, 9.17) is 10.5 Å². The molecule has 0 aliphatic heterocycles. The maximum absolute atomic E-state index is 11.8. The van der Waals surface area contributed by atoms with Gasteiger partial charge in [0.1, 0.15) is 6.61 Å². The van der Waals surface area contributed by atoms with Gasteiger partial charge in [0.25, 0.3) is 0 Å². The van der Waals surface area contributed by atoms with Crippen LogP contribution in [-0.4, -0.2) is 15.7 Å². The van der Waals surface area contributed by atoms with Crippen molar-refractivity contribution < 1.29 is 9.53 Å². The monoisotopic (exact) mass is 273 g/mol. The van der Waals surface area contributed by atoms with Crippen LogP contribution < -0.4 is 5.73 Å². The van der Waals surface area contributed by atoms with Gasteiger partial charge in [0.15, 0.2) is 0 Å². The van der Waals surface area contributed by atoms with Crippen molar-refractivity contribution in [2.75, 3.05) is 5.73 Å². The van der Waals surface area contributed by atoms with E-state index in [0.29, 0.717) is 17.3 Å². The zero-order valence-corrected chi connectivity index (χ0v) is 11.7. The summed E-state index contributed by atoms with van der Waals surface area (Å²) in [6.45, 7) is 4.37. The van der Waals surface area contributed by atoms with Crippen molar-refractivity contribution in [1.29, 1.82) is 0 Å². The molecule has 2 aromatic rings. The molecule has 1 unspecified atom stereocenters. The normalized spacial score (nSPS) is 12.1. The predicted molar refractivity (Wildman–Crippen MR) is 77.2 cm³/mol. The highest BCUT2D eigenvalue weighted by molar-refractivity contribution is 5.89. The number of aromatic nitrogens is 2. The Morgan fingerprint density at radius 3 is 2.70 bits per heavy atom. The highest BCUT2D eigenvalue weighted by Gasteiger charge is 2.09. The molecule has 0 aliphatic carbocycles. The summed E-state index contributed by atoms with van der Waals surface area (Å²) in [6, 6.07) is 8.85. The molecule has 5 heteroatoms. The van der Waals surface area contributed by atoms with Gasteiger partial charge in [-0.15, -0.1) is 0 Å². The van der Waals surface area contributed by atoms with Crippen molar-refractivity contribution >= 4 is 11.7 Å². The molecule has 0 saturated carbocycles. The van der Waals surface area contributed by atoms with Crippen LogP contribution in [0.25, 0.3) is 0 Å². The maximum Gasteiger partial charge on any atom is 0.338 e. The highest BCUT2D eigenvalue weighted by Crippen LogP contribution is 2.11. The van der Waals surface area contributed by atoms with Crippen LogP contribution in [0.15, 0.2) is 36.5 Å². The fourth-order valence-corrected chi connectivity index (χ4v) is 1.73. The van der Waals surface area contributed by atoms with Crippen LogP contribution in [0.2, 0.25) is 0 Å². The zero-order chi connectivity index (χ0) is 14.5. The summed E-state index contributed by atoms with van der Waals surface area (Å²) in [6.07, 6.45) is 2.91. The second-order valence-corrected chi connectivity index (χ2v) is 4.74. The second-order valence-electron chi connectivity index (χ2n) is 4.74. The number of rotatable bonds is 5. The summed E-state index contributed by atoms with van der Waals surface area (Å²) in [5.74, 6) is -0.372. The Hall–Kier alpha value is -2.30. The topological polar surface area (TPSA) is 70.1 Å². The van der Waals surface area contributed by atoms with Crippen LogP contribution in [-0.2, 0) is 11.3 Å². The smallest absolute Gasteiger partial charge is 0.338 e. The number of hydrogen-bond acceptors (Lipinski definition) is 4. The molecule has 20 heavy (non-hydrogen) atoms. The van der Waals surface area contributed by atoms with Crippen LogP contribution in [0, 0.1) is 0 Å². The maximum atomic E-state index is 11.8. The van der Waals surface area contributed by atoms with Crippen molar-refractivity contribution in [3.63, 3.8) is 0 Å². The molecule has 0 radical (unpaired) electrons. The lowest BCUT2D eigenvalue weighted by atomic mass is 10.2. The molecule has 1 atom stereocenters. The zero-order valence-electron chi connectivity index (χ0n) is 11.7. The van der Waals surface area contributed by atoms with Gasteiger partial charge in [-0.1, -0.05) is 6.92 Å². The molecule has 0 amide bonds. The summed E-state index contributed by atoms with van der Waals surface area (Å²) in [5.41, 5.74) is 7.42. The SMILES string of the molecule is CCC(C)n1ccc(COC(=O)c2ccc(N)cc2)n1. The number of benzene rings is 1. The van der Waals surface area contributed by atoms with E-state index < -0.39 is 0 Å². The van der Waals surface area contributed by atoms with Gasteiger partial charge in [-0.2, -0.15) is 5.10 Å². The minimum absolute atomic E-state index is 0.173. The van der Waals surface area contributed by atoms with E-state index in [0.717, 1.165) is 12.1 Å². The molecule has 0 aliphatic rings. The molecule has 106 valence electrons. The third kappa shape index (κ3) is 3.38. The van der Waals surface area contributed by atoms with Crippen molar-refractivity contribution in [1.82, 2.24) is 9.78 Å². The fraction of sp³-hybridized carbons (Fsp3) is 0.333. The Morgan fingerprint density at radius 2 is 2.05 bits per heavy atom. The van der Waals surface area contributed by atoms with Gasteiger partial charge in [0, 0.05) is 17.9 Å². The largest absolute Gasteiger partial charge is 0.456 e. The minimum Gasteiger partial charge on any atom is -0.456 e. The number of esters is 1. The van der Waals surface area contributed by atoms with Crippen LogP contribution in [0.1, 0.15) is 42.4 Å². The number of ether oxygens (including phenoxy) is 1. The molecular weight excluding hydrogens is 254 g/mol. The molecular formula is C15H19N3O2. The molecule has 1 aromatic heterocycles. The van der Waals surface area contributed by atoms with E-state index in [-0.39, 0.29) is 12.6 Å².